The van der Waals surface area contributed by atoms with E-state index >= 15 is 0 Å². The molecular weight excluding hydrogens is 224 g/mol. The highest BCUT2D eigenvalue weighted by Crippen LogP contribution is 2.22. The molecule has 0 aliphatic rings. The van der Waals surface area contributed by atoms with E-state index in [2.05, 4.69) is 9.97 Å². The number of halogens is 1. The summed E-state index contributed by atoms with van der Waals surface area (Å²) in [6.45, 7) is 0. The molecule has 0 saturated carbocycles. The molecule has 1 heterocycles. The molecule has 4 heteroatoms. The fourth-order valence-corrected chi connectivity index (χ4v) is 1.69. The van der Waals surface area contributed by atoms with Crippen molar-refractivity contribution in [1.82, 2.24) is 9.97 Å². The molecule has 82 valence electrons. The summed E-state index contributed by atoms with van der Waals surface area (Å²) >= 11 is 6.01. The molecule has 0 bridgehead atoms. The Morgan fingerprint density at radius 2 is 1.88 bits per heavy atom. The lowest BCUT2D eigenvalue weighted by Gasteiger charge is -2.10. The molecule has 0 radical (unpaired) electrons. The van der Waals surface area contributed by atoms with Gasteiger partial charge in [-0.05, 0) is 11.6 Å². The van der Waals surface area contributed by atoms with Crippen LogP contribution in [0.1, 0.15) is 17.2 Å². The summed E-state index contributed by atoms with van der Waals surface area (Å²) in [4.78, 5) is 7.73. The first-order chi connectivity index (χ1) is 7.77. The Bertz CT molecular complexity index is 462. The second-order valence-electron chi connectivity index (χ2n) is 3.48. The van der Waals surface area contributed by atoms with E-state index in [9.17, 15) is 5.11 Å². The second-order valence-corrected chi connectivity index (χ2v) is 3.89. The van der Waals surface area contributed by atoms with Gasteiger partial charge in [-0.3, -0.25) is 0 Å². The van der Waals surface area contributed by atoms with Crippen LogP contribution in [0.5, 0.6) is 0 Å². The van der Waals surface area contributed by atoms with Gasteiger partial charge in [-0.1, -0.05) is 29.8 Å². The number of aliphatic hydroxyl groups excluding tert-OH is 1. The standard InChI is InChI=1S/C12H11ClN2O/c13-11-4-2-1-3-9(11)5-12(16)10-6-14-8-15-7-10/h1-4,6-8,12,16H,5H2. The van der Waals surface area contributed by atoms with E-state index in [0.29, 0.717) is 17.0 Å². The first-order valence-electron chi connectivity index (χ1n) is 4.94. The summed E-state index contributed by atoms with van der Waals surface area (Å²) in [6.07, 6.45) is 4.49. The van der Waals surface area contributed by atoms with Crippen molar-refractivity contribution in [2.75, 3.05) is 0 Å². The summed E-state index contributed by atoms with van der Waals surface area (Å²) in [5.41, 5.74) is 1.61. The Balaban J connectivity index is 2.14. The van der Waals surface area contributed by atoms with Crippen LogP contribution < -0.4 is 0 Å². The lowest BCUT2D eigenvalue weighted by molar-refractivity contribution is 0.177. The minimum absolute atomic E-state index is 0.465. The summed E-state index contributed by atoms with van der Waals surface area (Å²) in [6, 6.07) is 7.47. The molecule has 1 unspecified atom stereocenters. The van der Waals surface area contributed by atoms with Crippen molar-refractivity contribution in [2.45, 2.75) is 12.5 Å². The van der Waals surface area contributed by atoms with Crippen LogP contribution in [0, 0.1) is 0 Å². The van der Waals surface area contributed by atoms with Crippen LogP contribution in [-0.2, 0) is 6.42 Å². The van der Waals surface area contributed by atoms with Crippen molar-refractivity contribution >= 4 is 11.6 Å². The predicted octanol–water partition coefficient (Wildman–Crippen LogP) is 2.41. The Morgan fingerprint density at radius 1 is 1.19 bits per heavy atom. The third kappa shape index (κ3) is 2.56. The number of hydrogen-bond acceptors (Lipinski definition) is 3. The Morgan fingerprint density at radius 3 is 2.56 bits per heavy atom. The van der Waals surface area contributed by atoms with Gasteiger partial charge in [-0.2, -0.15) is 0 Å². The topological polar surface area (TPSA) is 46.0 Å². The second kappa shape index (κ2) is 5.05. The number of aliphatic hydroxyl groups is 1. The van der Waals surface area contributed by atoms with E-state index < -0.39 is 6.10 Å². The van der Waals surface area contributed by atoms with Gasteiger partial charge < -0.3 is 5.11 Å². The van der Waals surface area contributed by atoms with Crippen LogP contribution in [0.15, 0.2) is 43.0 Å². The zero-order valence-electron chi connectivity index (χ0n) is 8.55. The molecule has 0 fully saturated rings. The van der Waals surface area contributed by atoms with Crippen LogP contribution in [0.2, 0.25) is 5.02 Å². The number of benzene rings is 1. The van der Waals surface area contributed by atoms with Crippen LogP contribution in [0.4, 0.5) is 0 Å². The molecule has 0 saturated heterocycles. The van der Waals surface area contributed by atoms with Crippen molar-refractivity contribution in [1.29, 1.82) is 0 Å². The largest absolute Gasteiger partial charge is 0.388 e. The summed E-state index contributed by atoms with van der Waals surface area (Å²) in [5, 5.41) is 10.6. The minimum atomic E-state index is -0.624. The summed E-state index contributed by atoms with van der Waals surface area (Å²) in [7, 11) is 0. The van der Waals surface area contributed by atoms with Crippen molar-refractivity contribution in [3.8, 4) is 0 Å². The fraction of sp³-hybridized carbons (Fsp3) is 0.167. The highest BCUT2D eigenvalue weighted by molar-refractivity contribution is 6.31. The molecule has 3 nitrogen and oxygen atoms in total. The Labute approximate surface area is 98.8 Å². The smallest absolute Gasteiger partial charge is 0.115 e. The maximum absolute atomic E-state index is 9.96. The van der Waals surface area contributed by atoms with Crippen LogP contribution in [0.25, 0.3) is 0 Å². The fourth-order valence-electron chi connectivity index (χ4n) is 1.47. The number of nitrogens with zero attached hydrogens (tertiary/aromatic N) is 2. The molecular formula is C12H11ClN2O. The molecule has 16 heavy (non-hydrogen) atoms. The van der Waals surface area contributed by atoms with E-state index in [1.807, 2.05) is 24.3 Å². The highest BCUT2D eigenvalue weighted by Gasteiger charge is 2.10. The zero-order chi connectivity index (χ0) is 11.4. The predicted molar refractivity (Wildman–Crippen MR) is 62.1 cm³/mol. The van der Waals surface area contributed by atoms with E-state index in [-0.39, 0.29) is 0 Å². The first-order valence-corrected chi connectivity index (χ1v) is 5.31. The molecule has 0 spiro atoms. The average Bonchev–Trinajstić information content (AvgIpc) is 2.33. The molecule has 0 aliphatic carbocycles. The maximum Gasteiger partial charge on any atom is 0.115 e. The van der Waals surface area contributed by atoms with Crippen LogP contribution >= 0.6 is 11.6 Å². The normalized spacial score (nSPS) is 12.4. The summed E-state index contributed by atoms with van der Waals surface area (Å²) in [5.74, 6) is 0. The van der Waals surface area contributed by atoms with Crippen molar-refractivity contribution in [3.05, 3.63) is 59.1 Å². The van der Waals surface area contributed by atoms with Gasteiger partial charge in [0.15, 0.2) is 0 Å². The quantitative estimate of drug-likeness (QED) is 0.887. The van der Waals surface area contributed by atoms with E-state index in [1.54, 1.807) is 12.4 Å². The maximum atomic E-state index is 9.96. The molecule has 1 N–H and O–H groups in total. The lowest BCUT2D eigenvalue weighted by atomic mass is 10.0. The number of hydrogen-bond donors (Lipinski definition) is 1. The molecule has 1 atom stereocenters. The average molecular weight is 235 g/mol. The number of aromatic nitrogens is 2. The molecule has 1 aromatic heterocycles. The van der Waals surface area contributed by atoms with Gasteiger partial charge >= 0.3 is 0 Å². The molecule has 2 aromatic rings. The molecule has 0 amide bonds. The third-order valence-electron chi connectivity index (χ3n) is 2.34. The molecule has 2 rings (SSSR count). The van der Waals surface area contributed by atoms with E-state index in [0.717, 1.165) is 5.56 Å². The van der Waals surface area contributed by atoms with Gasteiger partial charge in [0, 0.05) is 29.4 Å². The van der Waals surface area contributed by atoms with E-state index in [1.165, 1.54) is 6.33 Å². The first kappa shape index (κ1) is 11.0. The monoisotopic (exact) mass is 234 g/mol. The highest BCUT2D eigenvalue weighted by atomic mass is 35.5. The molecule has 0 aliphatic heterocycles. The van der Waals surface area contributed by atoms with Crippen molar-refractivity contribution in [2.24, 2.45) is 0 Å². The van der Waals surface area contributed by atoms with Gasteiger partial charge in [-0.15, -0.1) is 0 Å². The minimum Gasteiger partial charge on any atom is -0.388 e. The molecule has 1 aromatic carbocycles. The third-order valence-corrected chi connectivity index (χ3v) is 2.71. The number of rotatable bonds is 3. The SMILES string of the molecule is OC(Cc1ccccc1Cl)c1cncnc1. The van der Waals surface area contributed by atoms with Crippen LogP contribution in [-0.4, -0.2) is 15.1 Å². The van der Waals surface area contributed by atoms with Crippen LogP contribution in [0.3, 0.4) is 0 Å². The Hall–Kier alpha value is -1.45. The van der Waals surface area contributed by atoms with E-state index in [4.69, 9.17) is 11.6 Å². The van der Waals surface area contributed by atoms with Gasteiger partial charge in [-0.25, -0.2) is 9.97 Å². The van der Waals surface area contributed by atoms with Crippen molar-refractivity contribution < 1.29 is 5.11 Å². The van der Waals surface area contributed by atoms with Gasteiger partial charge in [0.05, 0.1) is 6.10 Å². The van der Waals surface area contributed by atoms with Crippen molar-refractivity contribution in [3.63, 3.8) is 0 Å². The summed E-state index contributed by atoms with van der Waals surface area (Å²) < 4.78 is 0. The lowest BCUT2D eigenvalue weighted by Crippen LogP contribution is -2.03. The van der Waals surface area contributed by atoms with Gasteiger partial charge in [0.1, 0.15) is 6.33 Å². The van der Waals surface area contributed by atoms with Gasteiger partial charge in [0.25, 0.3) is 0 Å². The zero-order valence-corrected chi connectivity index (χ0v) is 9.30. The Kier molecular flexibility index (Phi) is 3.49. The van der Waals surface area contributed by atoms with Gasteiger partial charge in [0.2, 0.25) is 0 Å².